The summed E-state index contributed by atoms with van der Waals surface area (Å²) in [7, 11) is 0.405. The monoisotopic (exact) mass is 336 g/mol. The van der Waals surface area contributed by atoms with E-state index in [1.54, 1.807) is 0 Å². The lowest BCUT2D eigenvalue weighted by molar-refractivity contribution is -0.0832. The highest BCUT2D eigenvalue weighted by molar-refractivity contribution is 6.39. The Morgan fingerprint density at radius 2 is 1.60 bits per heavy atom. The topological polar surface area (TPSA) is 69.2 Å². The second kappa shape index (κ2) is 9.46. The third-order valence-corrected chi connectivity index (χ3v) is 4.16. The van der Waals surface area contributed by atoms with Crippen molar-refractivity contribution in [3.63, 3.8) is 0 Å². The molecule has 112 valence electrons. The van der Waals surface area contributed by atoms with E-state index in [0.29, 0.717) is 28.7 Å². The van der Waals surface area contributed by atoms with Gasteiger partial charge in [0.2, 0.25) is 16.5 Å². The van der Waals surface area contributed by atoms with Crippen LogP contribution in [0.4, 0.5) is 5.95 Å². The highest BCUT2D eigenvalue weighted by Crippen LogP contribution is 2.11. The van der Waals surface area contributed by atoms with E-state index in [4.69, 9.17) is 32.7 Å². The third kappa shape index (κ3) is 6.32. The van der Waals surface area contributed by atoms with Gasteiger partial charge in [0.25, 0.3) is 0 Å². The lowest BCUT2D eigenvalue weighted by atomic mass is 10.5. The molecule has 0 aliphatic carbocycles. The number of nitrogens with zero attached hydrogens (tertiary/aromatic N) is 3. The molecule has 0 aromatic carbocycles. The minimum Gasteiger partial charge on any atom is -0.357 e. The van der Waals surface area contributed by atoms with Crippen LogP contribution in [0, 0.1) is 0 Å². The summed E-state index contributed by atoms with van der Waals surface area (Å²) in [5, 5.41) is 3.31. The molecule has 6 nitrogen and oxygen atoms in total. The summed E-state index contributed by atoms with van der Waals surface area (Å²) >= 11 is 11.5. The Morgan fingerprint density at radius 3 is 2.05 bits per heavy atom. The molecule has 0 saturated heterocycles. The summed E-state index contributed by atoms with van der Waals surface area (Å²) in [6, 6.07) is 0. The minimum atomic E-state index is -0.227. The molecule has 1 unspecified atom stereocenters. The van der Waals surface area contributed by atoms with Gasteiger partial charge in [-0.2, -0.15) is 15.0 Å². The standard InChI is InChI=1S/C11H18Cl2N4O2Si/c1-4-7(20-11(18-5-2)19-6-3)14-10-16-8(12)15-9(13)17-10/h7,11H,4-6H2,1-3H3,(H,14,15,16,17). The van der Waals surface area contributed by atoms with Gasteiger partial charge in [0.05, 0.1) is 0 Å². The van der Waals surface area contributed by atoms with Gasteiger partial charge in [0, 0.05) is 18.9 Å². The van der Waals surface area contributed by atoms with E-state index < -0.39 is 0 Å². The molecule has 0 saturated carbocycles. The smallest absolute Gasteiger partial charge is 0.228 e. The summed E-state index contributed by atoms with van der Waals surface area (Å²) in [5.41, 5.74) is 0.118. The number of hydrogen-bond acceptors (Lipinski definition) is 6. The molecule has 0 aliphatic heterocycles. The molecule has 1 rings (SSSR count). The molecule has 1 aromatic heterocycles. The van der Waals surface area contributed by atoms with Crippen molar-refractivity contribution < 1.29 is 9.47 Å². The fourth-order valence-electron chi connectivity index (χ4n) is 1.42. The number of anilines is 1. The first-order chi connectivity index (χ1) is 9.58. The van der Waals surface area contributed by atoms with Crippen molar-refractivity contribution in [1.29, 1.82) is 0 Å². The number of aromatic nitrogens is 3. The molecule has 0 aliphatic rings. The SMILES string of the molecule is CCOC(OCC)[Si]C(CC)Nc1nc(Cl)nc(Cl)n1. The Hall–Kier alpha value is -0.473. The highest BCUT2D eigenvalue weighted by atomic mass is 35.5. The molecule has 2 radical (unpaired) electrons. The maximum absolute atomic E-state index is 5.75. The van der Waals surface area contributed by atoms with Crippen molar-refractivity contribution >= 4 is 38.7 Å². The summed E-state index contributed by atoms with van der Waals surface area (Å²) in [6.45, 7) is 7.16. The van der Waals surface area contributed by atoms with Gasteiger partial charge in [-0.1, -0.05) is 6.92 Å². The van der Waals surface area contributed by atoms with E-state index in [1.165, 1.54) is 0 Å². The average Bonchev–Trinajstić information content (AvgIpc) is 2.37. The normalized spacial score (nSPS) is 12.7. The maximum atomic E-state index is 5.75. The summed E-state index contributed by atoms with van der Waals surface area (Å²) in [5.74, 6) is 0.135. The van der Waals surface area contributed by atoms with Crippen molar-refractivity contribution in [1.82, 2.24) is 15.0 Å². The van der Waals surface area contributed by atoms with Crippen LogP contribution < -0.4 is 5.32 Å². The Kier molecular flexibility index (Phi) is 8.32. The molecule has 1 heterocycles. The van der Waals surface area contributed by atoms with Gasteiger partial charge >= 0.3 is 0 Å². The van der Waals surface area contributed by atoms with Crippen LogP contribution in [0.15, 0.2) is 0 Å². The van der Waals surface area contributed by atoms with Crippen LogP contribution in [0.3, 0.4) is 0 Å². The van der Waals surface area contributed by atoms with Crippen molar-refractivity contribution in [3.05, 3.63) is 10.6 Å². The van der Waals surface area contributed by atoms with Crippen LogP contribution >= 0.6 is 23.2 Å². The lowest BCUT2D eigenvalue weighted by Gasteiger charge is -2.22. The Bertz CT molecular complexity index is 388. The Balaban J connectivity index is 2.65. The molecule has 20 heavy (non-hydrogen) atoms. The fourth-order valence-corrected chi connectivity index (χ4v) is 3.09. The van der Waals surface area contributed by atoms with Crippen LogP contribution in [0.2, 0.25) is 10.6 Å². The van der Waals surface area contributed by atoms with E-state index >= 15 is 0 Å². The molecule has 0 amide bonds. The van der Waals surface area contributed by atoms with E-state index in [9.17, 15) is 0 Å². The van der Waals surface area contributed by atoms with Crippen molar-refractivity contribution in [2.45, 2.75) is 38.8 Å². The van der Waals surface area contributed by atoms with E-state index in [0.717, 1.165) is 6.42 Å². The first-order valence-electron chi connectivity index (χ1n) is 6.41. The molecule has 1 N–H and O–H groups in total. The number of hydrogen-bond donors (Lipinski definition) is 1. The molecule has 1 atom stereocenters. The van der Waals surface area contributed by atoms with E-state index in [-0.39, 0.29) is 22.1 Å². The van der Waals surface area contributed by atoms with Crippen molar-refractivity contribution in [3.8, 4) is 0 Å². The van der Waals surface area contributed by atoms with Crippen molar-refractivity contribution in [2.75, 3.05) is 18.5 Å². The number of rotatable bonds is 9. The number of halogens is 2. The van der Waals surface area contributed by atoms with E-state index in [2.05, 4.69) is 27.2 Å². The Morgan fingerprint density at radius 1 is 1.05 bits per heavy atom. The van der Waals surface area contributed by atoms with Crippen LogP contribution in [0.25, 0.3) is 0 Å². The van der Waals surface area contributed by atoms with Gasteiger partial charge in [-0.15, -0.1) is 0 Å². The quantitative estimate of drug-likeness (QED) is 0.551. The highest BCUT2D eigenvalue weighted by Gasteiger charge is 2.18. The van der Waals surface area contributed by atoms with Gasteiger partial charge in [0.15, 0.2) is 0 Å². The molecule has 0 fully saturated rings. The Labute approximate surface area is 131 Å². The molecule has 0 bridgehead atoms. The summed E-state index contributed by atoms with van der Waals surface area (Å²) in [4.78, 5) is 11.7. The average molecular weight is 337 g/mol. The molecule has 1 aromatic rings. The number of nitrogens with one attached hydrogen (secondary N) is 1. The van der Waals surface area contributed by atoms with Gasteiger partial charge in [-0.3, -0.25) is 0 Å². The molecule has 9 heteroatoms. The molecular weight excluding hydrogens is 319 g/mol. The summed E-state index contributed by atoms with van der Waals surface area (Å²) < 4.78 is 11.1. The third-order valence-electron chi connectivity index (χ3n) is 2.27. The van der Waals surface area contributed by atoms with E-state index in [1.807, 2.05) is 13.8 Å². The van der Waals surface area contributed by atoms with Gasteiger partial charge in [0.1, 0.15) is 15.4 Å². The zero-order chi connectivity index (χ0) is 15.0. The van der Waals surface area contributed by atoms with Crippen LogP contribution in [0.1, 0.15) is 27.2 Å². The first kappa shape index (κ1) is 17.6. The first-order valence-corrected chi connectivity index (χ1v) is 8.32. The van der Waals surface area contributed by atoms with Crippen LogP contribution in [-0.4, -0.2) is 49.3 Å². The summed E-state index contributed by atoms with van der Waals surface area (Å²) in [6.07, 6.45) is 0.871. The van der Waals surface area contributed by atoms with Gasteiger partial charge < -0.3 is 14.8 Å². The second-order valence-electron chi connectivity index (χ2n) is 3.71. The maximum Gasteiger partial charge on any atom is 0.228 e. The van der Waals surface area contributed by atoms with Crippen LogP contribution in [-0.2, 0) is 9.47 Å². The zero-order valence-electron chi connectivity index (χ0n) is 11.7. The zero-order valence-corrected chi connectivity index (χ0v) is 14.2. The predicted molar refractivity (Wildman–Crippen MR) is 80.3 cm³/mol. The van der Waals surface area contributed by atoms with Gasteiger partial charge in [-0.25, -0.2) is 0 Å². The lowest BCUT2D eigenvalue weighted by Crippen LogP contribution is -2.38. The molecule has 0 spiro atoms. The largest absolute Gasteiger partial charge is 0.357 e. The predicted octanol–water partition coefficient (Wildman–Crippen LogP) is 2.39. The second-order valence-corrected chi connectivity index (χ2v) is 5.89. The number of ether oxygens (including phenoxy) is 2. The minimum absolute atomic E-state index is 0.0665. The fraction of sp³-hybridized carbons (Fsp3) is 0.727. The van der Waals surface area contributed by atoms with Crippen LogP contribution in [0.5, 0.6) is 0 Å². The molecular formula is C11H18Cl2N4O2Si. The van der Waals surface area contributed by atoms with Crippen molar-refractivity contribution in [2.24, 2.45) is 0 Å². The van der Waals surface area contributed by atoms with Gasteiger partial charge in [-0.05, 0) is 43.5 Å².